The number of benzene rings is 1. The van der Waals surface area contributed by atoms with Gasteiger partial charge in [-0.3, -0.25) is 14.5 Å². The largest absolute Gasteiger partial charge is 0.492 e. The predicted molar refractivity (Wildman–Crippen MR) is 77.2 cm³/mol. The maximum Gasteiger partial charge on any atom is 0.233 e. The molecule has 1 heterocycles. The van der Waals surface area contributed by atoms with Crippen LogP contribution in [0.5, 0.6) is 5.75 Å². The van der Waals surface area contributed by atoms with Crippen molar-refractivity contribution in [3.63, 3.8) is 0 Å². The van der Waals surface area contributed by atoms with Gasteiger partial charge in [0.25, 0.3) is 0 Å². The number of carbonyl (C=O) groups is 2. The molecule has 1 aliphatic heterocycles. The normalized spacial score (nSPS) is 25.1. The SMILES string of the molecule is O=C1C2CCCC2C(=O)N1CCOc1cccc(Br)c1. The van der Waals surface area contributed by atoms with E-state index in [0.717, 1.165) is 29.5 Å². The molecule has 0 aromatic heterocycles. The van der Waals surface area contributed by atoms with Crippen LogP contribution in [-0.4, -0.2) is 29.9 Å². The lowest BCUT2D eigenvalue weighted by Gasteiger charge is -2.16. The lowest BCUT2D eigenvalue weighted by molar-refractivity contribution is -0.140. The molecule has 0 bridgehead atoms. The van der Waals surface area contributed by atoms with Crippen LogP contribution in [0.2, 0.25) is 0 Å². The number of carbonyl (C=O) groups excluding carboxylic acids is 2. The number of nitrogens with zero attached hydrogens (tertiary/aromatic N) is 1. The Balaban J connectivity index is 1.56. The monoisotopic (exact) mass is 337 g/mol. The average molecular weight is 338 g/mol. The van der Waals surface area contributed by atoms with Crippen molar-refractivity contribution in [2.75, 3.05) is 13.2 Å². The van der Waals surface area contributed by atoms with E-state index < -0.39 is 0 Å². The smallest absolute Gasteiger partial charge is 0.233 e. The molecule has 20 heavy (non-hydrogen) atoms. The number of likely N-dealkylation sites (tertiary alicyclic amines) is 1. The van der Waals surface area contributed by atoms with Gasteiger partial charge in [-0.25, -0.2) is 0 Å². The van der Waals surface area contributed by atoms with Crippen molar-refractivity contribution < 1.29 is 14.3 Å². The van der Waals surface area contributed by atoms with Gasteiger partial charge in [0.05, 0.1) is 18.4 Å². The summed E-state index contributed by atoms with van der Waals surface area (Å²) in [5.41, 5.74) is 0. The molecule has 2 amide bonds. The molecule has 106 valence electrons. The molecule has 0 spiro atoms. The molecule has 3 rings (SSSR count). The first-order valence-corrected chi connectivity index (χ1v) is 7.70. The third kappa shape index (κ3) is 2.46. The van der Waals surface area contributed by atoms with Crippen LogP contribution in [0.15, 0.2) is 28.7 Å². The predicted octanol–water partition coefficient (Wildman–Crippen LogP) is 2.61. The maximum atomic E-state index is 12.1. The number of hydrogen-bond donors (Lipinski definition) is 0. The van der Waals surface area contributed by atoms with Crippen LogP contribution in [0.3, 0.4) is 0 Å². The Hall–Kier alpha value is -1.36. The Bertz CT molecular complexity index is 524. The van der Waals surface area contributed by atoms with Gasteiger partial charge in [-0.05, 0) is 31.0 Å². The Kier molecular flexibility index (Phi) is 3.78. The second-order valence-electron chi connectivity index (χ2n) is 5.28. The van der Waals surface area contributed by atoms with E-state index >= 15 is 0 Å². The summed E-state index contributed by atoms with van der Waals surface area (Å²) < 4.78 is 6.53. The van der Waals surface area contributed by atoms with Gasteiger partial charge in [-0.2, -0.15) is 0 Å². The second kappa shape index (κ2) is 5.56. The molecule has 2 atom stereocenters. The molecular formula is C15H16BrNO3. The van der Waals surface area contributed by atoms with Crippen molar-refractivity contribution in [1.82, 2.24) is 4.90 Å². The highest BCUT2D eigenvalue weighted by molar-refractivity contribution is 9.10. The summed E-state index contributed by atoms with van der Waals surface area (Å²) in [6.07, 6.45) is 2.71. The van der Waals surface area contributed by atoms with Crippen LogP contribution in [0.25, 0.3) is 0 Å². The van der Waals surface area contributed by atoms with Gasteiger partial charge in [-0.1, -0.05) is 28.4 Å². The van der Waals surface area contributed by atoms with E-state index in [1.165, 1.54) is 4.90 Å². The molecule has 1 saturated heterocycles. The minimum atomic E-state index is -0.0617. The van der Waals surface area contributed by atoms with Crippen molar-refractivity contribution in [3.8, 4) is 5.75 Å². The summed E-state index contributed by atoms with van der Waals surface area (Å²) in [7, 11) is 0. The van der Waals surface area contributed by atoms with E-state index in [2.05, 4.69) is 15.9 Å². The molecule has 2 fully saturated rings. The van der Waals surface area contributed by atoms with Crippen molar-refractivity contribution in [1.29, 1.82) is 0 Å². The lowest BCUT2D eigenvalue weighted by Crippen LogP contribution is -2.35. The minimum absolute atomic E-state index is 0.00431. The number of halogens is 1. The highest BCUT2D eigenvalue weighted by Gasteiger charge is 2.49. The molecule has 1 aliphatic carbocycles. The van der Waals surface area contributed by atoms with E-state index in [4.69, 9.17) is 4.74 Å². The Labute approximate surface area is 126 Å². The van der Waals surface area contributed by atoms with Crippen molar-refractivity contribution >= 4 is 27.7 Å². The zero-order chi connectivity index (χ0) is 14.1. The molecule has 1 aromatic carbocycles. The number of imide groups is 1. The summed E-state index contributed by atoms with van der Waals surface area (Å²) in [6, 6.07) is 7.52. The third-order valence-corrected chi connectivity index (χ3v) is 4.56. The van der Waals surface area contributed by atoms with E-state index in [-0.39, 0.29) is 23.7 Å². The number of amides is 2. The van der Waals surface area contributed by atoms with Crippen LogP contribution in [-0.2, 0) is 9.59 Å². The topological polar surface area (TPSA) is 46.6 Å². The molecule has 5 heteroatoms. The standard InChI is InChI=1S/C15H16BrNO3/c16-10-3-1-4-11(9-10)20-8-7-17-14(18)12-5-2-6-13(12)15(17)19/h1,3-4,9,12-13H,2,5-8H2. The molecule has 1 saturated carbocycles. The van der Waals surface area contributed by atoms with E-state index in [0.29, 0.717) is 13.2 Å². The van der Waals surface area contributed by atoms with Gasteiger partial charge in [0, 0.05) is 4.47 Å². The van der Waals surface area contributed by atoms with E-state index in [1.807, 2.05) is 24.3 Å². The number of hydrogen-bond acceptors (Lipinski definition) is 3. The first-order chi connectivity index (χ1) is 9.66. The number of fused-ring (bicyclic) bond motifs is 1. The molecule has 1 aromatic rings. The average Bonchev–Trinajstić information content (AvgIpc) is 2.98. The summed E-state index contributed by atoms with van der Waals surface area (Å²) in [4.78, 5) is 25.7. The van der Waals surface area contributed by atoms with Gasteiger partial charge >= 0.3 is 0 Å². The van der Waals surface area contributed by atoms with Crippen LogP contribution < -0.4 is 4.74 Å². The molecule has 2 unspecified atom stereocenters. The van der Waals surface area contributed by atoms with E-state index in [9.17, 15) is 9.59 Å². The van der Waals surface area contributed by atoms with Crippen LogP contribution in [0.1, 0.15) is 19.3 Å². The van der Waals surface area contributed by atoms with Gasteiger partial charge in [0.1, 0.15) is 12.4 Å². The number of rotatable bonds is 4. The number of ether oxygens (including phenoxy) is 1. The van der Waals surface area contributed by atoms with Crippen LogP contribution >= 0.6 is 15.9 Å². The van der Waals surface area contributed by atoms with Crippen molar-refractivity contribution in [2.45, 2.75) is 19.3 Å². The summed E-state index contributed by atoms with van der Waals surface area (Å²) >= 11 is 3.37. The second-order valence-corrected chi connectivity index (χ2v) is 6.19. The zero-order valence-electron chi connectivity index (χ0n) is 11.0. The highest BCUT2D eigenvalue weighted by atomic mass is 79.9. The fourth-order valence-corrected chi connectivity index (χ4v) is 3.47. The van der Waals surface area contributed by atoms with Crippen LogP contribution in [0.4, 0.5) is 0 Å². The fraction of sp³-hybridized carbons (Fsp3) is 0.467. The first kappa shape index (κ1) is 13.6. The first-order valence-electron chi connectivity index (χ1n) is 6.90. The third-order valence-electron chi connectivity index (χ3n) is 4.06. The van der Waals surface area contributed by atoms with Crippen molar-refractivity contribution in [3.05, 3.63) is 28.7 Å². The van der Waals surface area contributed by atoms with Crippen LogP contribution in [0, 0.1) is 11.8 Å². The lowest BCUT2D eigenvalue weighted by atomic mass is 10.00. The minimum Gasteiger partial charge on any atom is -0.492 e. The maximum absolute atomic E-state index is 12.1. The van der Waals surface area contributed by atoms with Gasteiger partial charge in [0.15, 0.2) is 0 Å². The van der Waals surface area contributed by atoms with Crippen molar-refractivity contribution in [2.24, 2.45) is 11.8 Å². The molecule has 4 nitrogen and oxygen atoms in total. The molecular weight excluding hydrogens is 322 g/mol. The summed E-state index contributed by atoms with van der Waals surface area (Å²) in [5.74, 6) is 0.603. The van der Waals surface area contributed by atoms with Gasteiger partial charge in [-0.15, -0.1) is 0 Å². The molecule has 0 radical (unpaired) electrons. The summed E-state index contributed by atoms with van der Waals surface area (Å²) in [5, 5.41) is 0. The zero-order valence-corrected chi connectivity index (χ0v) is 12.6. The Morgan fingerprint density at radius 3 is 2.55 bits per heavy atom. The van der Waals surface area contributed by atoms with Gasteiger partial charge in [0.2, 0.25) is 11.8 Å². The molecule has 0 N–H and O–H groups in total. The quantitative estimate of drug-likeness (QED) is 0.793. The molecule has 2 aliphatic rings. The fourth-order valence-electron chi connectivity index (χ4n) is 3.09. The highest BCUT2D eigenvalue weighted by Crippen LogP contribution is 2.39. The van der Waals surface area contributed by atoms with Gasteiger partial charge < -0.3 is 4.74 Å². The Morgan fingerprint density at radius 2 is 1.90 bits per heavy atom. The van der Waals surface area contributed by atoms with E-state index in [1.54, 1.807) is 0 Å². The Morgan fingerprint density at radius 1 is 1.20 bits per heavy atom. The summed E-state index contributed by atoms with van der Waals surface area (Å²) in [6.45, 7) is 0.685.